The first-order valence-electron chi connectivity index (χ1n) is 6.33. The molecule has 0 saturated carbocycles. The normalized spacial score (nSPS) is 12.5. The van der Waals surface area contributed by atoms with Crippen LogP contribution in [0.4, 0.5) is 0 Å². The first-order chi connectivity index (χ1) is 9.72. The van der Waals surface area contributed by atoms with Crippen molar-refractivity contribution >= 4 is 22.9 Å². The summed E-state index contributed by atoms with van der Waals surface area (Å²) >= 11 is 7.50. The molecular weight excluding hydrogens is 290 g/mol. The zero-order valence-corrected chi connectivity index (χ0v) is 12.3. The molecule has 2 heterocycles. The van der Waals surface area contributed by atoms with Crippen LogP contribution < -0.4 is 5.73 Å². The van der Waals surface area contributed by atoms with Crippen molar-refractivity contribution in [2.75, 3.05) is 0 Å². The second kappa shape index (κ2) is 5.79. The fourth-order valence-corrected chi connectivity index (χ4v) is 3.19. The number of hydrogen-bond donors (Lipinski definition) is 1. The molecule has 1 atom stereocenters. The van der Waals surface area contributed by atoms with E-state index in [9.17, 15) is 0 Å². The van der Waals surface area contributed by atoms with E-state index in [0.717, 1.165) is 22.1 Å². The highest BCUT2D eigenvalue weighted by Crippen LogP contribution is 2.25. The van der Waals surface area contributed by atoms with Crippen LogP contribution >= 0.6 is 22.9 Å². The van der Waals surface area contributed by atoms with Crippen molar-refractivity contribution < 1.29 is 0 Å². The monoisotopic (exact) mass is 303 g/mol. The highest BCUT2D eigenvalue weighted by molar-refractivity contribution is 7.16. The lowest BCUT2D eigenvalue weighted by molar-refractivity contribution is 0.684. The van der Waals surface area contributed by atoms with Gasteiger partial charge in [-0.3, -0.25) is 0 Å². The quantitative estimate of drug-likeness (QED) is 0.796. The molecule has 0 aliphatic heterocycles. The van der Waals surface area contributed by atoms with E-state index < -0.39 is 0 Å². The summed E-state index contributed by atoms with van der Waals surface area (Å²) in [7, 11) is 0. The molecule has 0 amide bonds. The van der Waals surface area contributed by atoms with Crippen LogP contribution in [0.25, 0.3) is 5.69 Å². The maximum atomic E-state index is 6.22. The topological polar surface area (TPSA) is 43.8 Å². The second-order valence-electron chi connectivity index (χ2n) is 4.54. The molecule has 20 heavy (non-hydrogen) atoms. The molecule has 3 nitrogen and oxygen atoms in total. The first kappa shape index (κ1) is 13.4. The van der Waals surface area contributed by atoms with Gasteiger partial charge in [0.2, 0.25) is 0 Å². The molecule has 0 spiro atoms. The minimum absolute atomic E-state index is 0.116. The van der Waals surface area contributed by atoms with Crippen LogP contribution in [0.1, 0.15) is 16.6 Å². The highest BCUT2D eigenvalue weighted by Gasteiger charge is 2.12. The van der Waals surface area contributed by atoms with E-state index in [1.807, 2.05) is 59.4 Å². The Hall–Kier alpha value is -1.62. The fraction of sp³-hybridized carbons (Fsp3) is 0.133. The molecule has 1 unspecified atom stereocenters. The Morgan fingerprint density at radius 2 is 1.95 bits per heavy atom. The molecule has 0 radical (unpaired) electrons. The van der Waals surface area contributed by atoms with Gasteiger partial charge in [-0.2, -0.15) is 5.10 Å². The number of hydrogen-bond acceptors (Lipinski definition) is 3. The number of para-hydroxylation sites is 1. The van der Waals surface area contributed by atoms with Gasteiger partial charge in [0, 0.05) is 17.5 Å². The Labute approximate surface area is 126 Å². The number of halogens is 1. The number of nitrogens with two attached hydrogens (primary N) is 1. The molecule has 102 valence electrons. The molecule has 0 fully saturated rings. The Bertz CT molecular complexity index is 690. The molecule has 0 saturated heterocycles. The predicted octanol–water partition coefficient (Wildman–Crippen LogP) is 3.83. The third-order valence-corrected chi connectivity index (χ3v) is 4.31. The minimum atomic E-state index is -0.116. The number of rotatable bonds is 4. The second-order valence-corrected chi connectivity index (χ2v) is 6.34. The van der Waals surface area contributed by atoms with Crippen molar-refractivity contribution in [3.63, 3.8) is 0 Å². The Kier molecular flexibility index (Phi) is 3.87. The van der Waals surface area contributed by atoms with Crippen LogP contribution in [0.2, 0.25) is 4.34 Å². The van der Waals surface area contributed by atoms with Crippen LogP contribution in [0.5, 0.6) is 0 Å². The van der Waals surface area contributed by atoms with Gasteiger partial charge >= 0.3 is 0 Å². The average Bonchev–Trinajstić information content (AvgIpc) is 3.09. The van der Waals surface area contributed by atoms with Crippen LogP contribution in [-0.2, 0) is 6.42 Å². The minimum Gasteiger partial charge on any atom is -0.322 e. The van der Waals surface area contributed by atoms with Gasteiger partial charge in [0.25, 0.3) is 0 Å². The molecule has 3 rings (SSSR count). The summed E-state index contributed by atoms with van der Waals surface area (Å²) in [5.74, 6) is 0. The van der Waals surface area contributed by atoms with Crippen molar-refractivity contribution in [1.82, 2.24) is 9.78 Å². The average molecular weight is 304 g/mol. The lowest BCUT2D eigenvalue weighted by atomic mass is 10.1. The molecule has 5 heteroatoms. The Balaban J connectivity index is 1.76. The van der Waals surface area contributed by atoms with Gasteiger partial charge < -0.3 is 5.73 Å². The lowest BCUT2D eigenvalue weighted by Gasteiger charge is -2.07. The maximum Gasteiger partial charge on any atom is 0.0931 e. The lowest BCUT2D eigenvalue weighted by Crippen LogP contribution is -2.13. The Morgan fingerprint density at radius 3 is 2.65 bits per heavy atom. The van der Waals surface area contributed by atoms with E-state index in [2.05, 4.69) is 5.10 Å². The summed E-state index contributed by atoms with van der Waals surface area (Å²) < 4.78 is 2.64. The number of nitrogens with zero attached hydrogens (tertiary/aromatic N) is 2. The van der Waals surface area contributed by atoms with E-state index in [4.69, 9.17) is 17.3 Å². The summed E-state index contributed by atoms with van der Waals surface area (Å²) in [4.78, 5) is 1.18. The predicted molar refractivity (Wildman–Crippen MR) is 83.5 cm³/mol. The molecule has 0 aliphatic rings. The van der Waals surface area contributed by atoms with Crippen molar-refractivity contribution in [3.8, 4) is 5.69 Å². The summed E-state index contributed by atoms with van der Waals surface area (Å²) in [5.41, 5.74) is 8.14. The zero-order chi connectivity index (χ0) is 13.9. The van der Waals surface area contributed by atoms with Gasteiger partial charge in [0.15, 0.2) is 0 Å². The highest BCUT2D eigenvalue weighted by atomic mass is 35.5. The molecule has 1 aromatic carbocycles. The fourth-order valence-electron chi connectivity index (χ4n) is 2.04. The van der Waals surface area contributed by atoms with Crippen LogP contribution in [0.15, 0.2) is 54.7 Å². The van der Waals surface area contributed by atoms with Crippen LogP contribution in [0.3, 0.4) is 0 Å². The van der Waals surface area contributed by atoms with E-state index in [1.54, 1.807) is 11.3 Å². The number of aromatic nitrogens is 2. The van der Waals surface area contributed by atoms with Crippen LogP contribution in [-0.4, -0.2) is 9.78 Å². The molecule has 0 aliphatic carbocycles. The standard InChI is InChI=1S/C15H14ClN3S/c16-15-7-6-12(20-15)10-13(17)14-8-9-19(18-14)11-4-2-1-3-5-11/h1-9,13H,10,17H2. The van der Waals surface area contributed by atoms with Crippen LogP contribution in [0, 0.1) is 0 Å². The zero-order valence-electron chi connectivity index (χ0n) is 10.7. The van der Waals surface area contributed by atoms with Gasteiger partial charge in [0.1, 0.15) is 0 Å². The molecule has 2 N–H and O–H groups in total. The summed E-state index contributed by atoms with van der Waals surface area (Å²) in [6.07, 6.45) is 2.69. The molecule has 2 aromatic heterocycles. The van der Waals surface area contributed by atoms with E-state index in [1.165, 1.54) is 4.88 Å². The summed E-state index contributed by atoms with van der Waals surface area (Å²) in [6, 6.07) is 15.8. The van der Waals surface area contributed by atoms with Crippen molar-refractivity contribution in [3.05, 3.63) is 69.6 Å². The van der Waals surface area contributed by atoms with Gasteiger partial charge in [-0.05, 0) is 30.3 Å². The Morgan fingerprint density at radius 1 is 1.15 bits per heavy atom. The van der Waals surface area contributed by atoms with Crippen molar-refractivity contribution in [2.45, 2.75) is 12.5 Å². The summed E-state index contributed by atoms with van der Waals surface area (Å²) in [6.45, 7) is 0. The van der Waals surface area contributed by atoms with Gasteiger partial charge in [-0.25, -0.2) is 4.68 Å². The smallest absolute Gasteiger partial charge is 0.0931 e. The summed E-state index contributed by atoms with van der Waals surface area (Å²) in [5, 5.41) is 4.55. The molecule has 0 bridgehead atoms. The third kappa shape index (κ3) is 2.93. The molecule has 3 aromatic rings. The first-order valence-corrected chi connectivity index (χ1v) is 7.52. The van der Waals surface area contributed by atoms with E-state index in [0.29, 0.717) is 0 Å². The van der Waals surface area contributed by atoms with E-state index in [-0.39, 0.29) is 6.04 Å². The third-order valence-electron chi connectivity index (χ3n) is 3.06. The largest absolute Gasteiger partial charge is 0.322 e. The van der Waals surface area contributed by atoms with E-state index >= 15 is 0 Å². The van der Waals surface area contributed by atoms with Gasteiger partial charge in [0.05, 0.1) is 21.8 Å². The molecular formula is C15H14ClN3S. The van der Waals surface area contributed by atoms with Crippen molar-refractivity contribution in [2.24, 2.45) is 5.73 Å². The number of thiophene rings is 1. The SMILES string of the molecule is NC(Cc1ccc(Cl)s1)c1ccn(-c2ccccc2)n1. The van der Waals surface area contributed by atoms with Gasteiger partial charge in [-0.1, -0.05) is 29.8 Å². The van der Waals surface area contributed by atoms with Gasteiger partial charge in [-0.15, -0.1) is 11.3 Å². The van der Waals surface area contributed by atoms with Crippen molar-refractivity contribution in [1.29, 1.82) is 0 Å². The number of benzene rings is 1. The maximum absolute atomic E-state index is 6.22.